The van der Waals surface area contributed by atoms with Gasteiger partial charge in [0.1, 0.15) is 10.3 Å². The molecule has 0 aliphatic carbocycles. The molecule has 2 aromatic heterocycles. The maximum atomic E-state index is 12.7. The van der Waals surface area contributed by atoms with Crippen molar-refractivity contribution in [2.45, 2.75) is 26.2 Å². The molecule has 0 radical (unpaired) electrons. The number of anilines is 2. The highest BCUT2D eigenvalue weighted by molar-refractivity contribution is 7.21. The number of nitrogens with zero attached hydrogens (tertiary/aromatic N) is 3. The third-order valence-corrected chi connectivity index (χ3v) is 5.86. The fraction of sp³-hybridized carbons (Fsp3) is 0.350. The maximum absolute atomic E-state index is 12.7. The molecule has 1 N–H and O–H groups in total. The number of aromatic nitrogens is 2. The van der Waals surface area contributed by atoms with Crippen molar-refractivity contribution in [1.29, 1.82) is 0 Å². The Balaban J connectivity index is 1.46. The maximum Gasteiger partial charge on any atom is 0.229 e. The Bertz CT molecular complexity index is 890. The zero-order chi connectivity index (χ0) is 17.9. The van der Waals surface area contributed by atoms with Gasteiger partial charge in [0.25, 0.3) is 0 Å². The number of hydrogen-bond donors (Lipinski definition) is 1. The van der Waals surface area contributed by atoms with Gasteiger partial charge in [-0.3, -0.25) is 4.79 Å². The molecule has 4 rings (SSSR count). The van der Waals surface area contributed by atoms with Crippen LogP contribution in [0, 0.1) is 5.92 Å². The number of benzene rings is 1. The molecule has 0 spiro atoms. The molecule has 1 amide bonds. The van der Waals surface area contributed by atoms with Gasteiger partial charge in [-0.25, -0.2) is 9.97 Å². The molecule has 0 unspecified atom stereocenters. The summed E-state index contributed by atoms with van der Waals surface area (Å²) in [6, 6.07) is 12.0. The van der Waals surface area contributed by atoms with Gasteiger partial charge in [0.15, 0.2) is 5.13 Å². The second-order valence-corrected chi connectivity index (χ2v) is 7.61. The Morgan fingerprint density at radius 2 is 2.27 bits per heavy atom. The van der Waals surface area contributed by atoms with Crippen LogP contribution in [0.3, 0.4) is 0 Å². The summed E-state index contributed by atoms with van der Waals surface area (Å²) in [5.41, 5.74) is 3.04. The quantitative estimate of drug-likeness (QED) is 0.755. The normalized spacial score (nSPS) is 17.4. The van der Waals surface area contributed by atoms with E-state index >= 15 is 0 Å². The minimum atomic E-state index is -0.0194. The van der Waals surface area contributed by atoms with E-state index in [1.165, 1.54) is 5.56 Å². The van der Waals surface area contributed by atoms with Crippen LogP contribution in [0.4, 0.5) is 10.8 Å². The summed E-state index contributed by atoms with van der Waals surface area (Å²) < 4.78 is 0. The van der Waals surface area contributed by atoms with Crippen molar-refractivity contribution >= 4 is 38.4 Å². The molecule has 1 aliphatic rings. The molecule has 1 fully saturated rings. The van der Waals surface area contributed by atoms with E-state index in [9.17, 15) is 4.79 Å². The zero-order valence-electron chi connectivity index (χ0n) is 14.8. The third-order valence-electron chi connectivity index (χ3n) is 4.82. The van der Waals surface area contributed by atoms with Gasteiger partial charge in [-0.15, -0.1) is 0 Å². The monoisotopic (exact) mass is 366 g/mol. The number of aryl methyl sites for hydroxylation is 1. The van der Waals surface area contributed by atoms with Crippen LogP contribution in [0.5, 0.6) is 0 Å². The first-order valence-electron chi connectivity index (χ1n) is 9.09. The lowest BCUT2D eigenvalue weighted by atomic mass is 9.97. The Kier molecular flexibility index (Phi) is 4.84. The molecule has 134 valence electrons. The van der Waals surface area contributed by atoms with Crippen molar-refractivity contribution in [3.63, 3.8) is 0 Å². The summed E-state index contributed by atoms with van der Waals surface area (Å²) in [5, 5.41) is 4.05. The Morgan fingerprint density at radius 1 is 1.35 bits per heavy atom. The average Bonchev–Trinajstić information content (AvgIpc) is 3.12. The summed E-state index contributed by atoms with van der Waals surface area (Å²) >= 11 is 1.60. The number of carbonyl (C=O) groups is 1. The number of piperidine rings is 1. The second-order valence-electron chi connectivity index (χ2n) is 6.65. The molecular weight excluding hydrogens is 344 g/mol. The van der Waals surface area contributed by atoms with Crippen LogP contribution >= 0.6 is 11.3 Å². The summed E-state index contributed by atoms with van der Waals surface area (Å²) in [4.78, 5) is 25.0. The topological polar surface area (TPSA) is 58.1 Å². The molecule has 3 heterocycles. The van der Waals surface area contributed by atoms with E-state index in [0.29, 0.717) is 6.54 Å². The lowest BCUT2D eigenvalue weighted by molar-refractivity contribution is -0.120. The van der Waals surface area contributed by atoms with Crippen LogP contribution in [0.1, 0.15) is 25.3 Å². The van der Waals surface area contributed by atoms with Crippen molar-refractivity contribution in [3.8, 4) is 0 Å². The highest BCUT2D eigenvalue weighted by atomic mass is 32.1. The van der Waals surface area contributed by atoms with Crippen LogP contribution in [0.2, 0.25) is 0 Å². The molecule has 1 aromatic carbocycles. The first-order valence-corrected chi connectivity index (χ1v) is 9.91. The first kappa shape index (κ1) is 17.0. The van der Waals surface area contributed by atoms with Crippen molar-refractivity contribution in [1.82, 2.24) is 9.97 Å². The minimum Gasteiger partial charge on any atom is -0.347 e. The molecule has 26 heavy (non-hydrogen) atoms. The van der Waals surface area contributed by atoms with E-state index in [4.69, 9.17) is 0 Å². The number of hydrogen-bond acceptors (Lipinski definition) is 5. The van der Waals surface area contributed by atoms with Crippen LogP contribution in [-0.2, 0) is 11.2 Å². The number of fused-ring (bicyclic) bond motifs is 1. The van der Waals surface area contributed by atoms with Crippen molar-refractivity contribution in [2.75, 3.05) is 23.3 Å². The molecule has 1 atom stereocenters. The van der Waals surface area contributed by atoms with Gasteiger partial charge in [0, 0.05) is 25.0 Å². The fourth-order valence-corrected chi connectivity index (χ4v) is 4.32. The predicted octanol–water partition coefficient (Wildman–Crippen LogP) is 4.11. The lowest BCUT2D eigenvalue weighted by Crippen LogP contribution is -2.40. The van der Waals surface area contributed by atoms with Gasteiger partial charge >= 0.3 is 0 Å². The van der Waals surface area contributed by atoms with Gasteiger partial charge in [-0.2, -0.15) is 0 Å². The highest BCUT2D eigenvalue weighted by Gasteiger charge is 2.27. The van der Waals surface area contributed by atoms with E-state index in [0.717, 1.165) is 47.0 Å². The van der Waals surface area contributed by atoms with Crippen LogP contribution < -0.4 is 10.2 Å². The Hall–Kier alpha value is -2.47. The molecule has 1 aliphatic heterocycles. The zero-order valence-corrected chi connectivity index (χ0v) is 15.6. The summed E-state index contributed by atoms with van der Waals surface area (Å²) in [5.74, 6) is 0.0798. The van der Waals surface area contributed by atoms with Gasteiger partial charge in [0.05, 0.1) is 5.92 Å². The smallest absolute Gasteiger partial charge is 0.229 e. The number of rotatable bonds is 4. The second kappa shape index (κ2) is 7.41. The van der Waals surface area contributed by atoms with Gasteiger partial charge < -0.3 is 10.2 Å². The fourth-order valence-electron chi connectivity index (χ4n) is 3.37. The standard InChI is InChI=1S/C20H22N4OS/c1-2-14-6-3-8-16(12-14)22-18(25)15-7-5-11-24(13-15)20-23-17-9-4-10-21-19(17)26-20/h3-4,6,8-10,12,15H,2,5,7,11,13H2,1H3,(H,22,25)/t15-/m1/s1. The summed E-state index contributed by atoms with van der Waals surface area (Å²) in [6.07, 6.45) is 4.67. The van der Waals surface area contributed by atoms with Crippen molar-refractivity contribution < 1.29 is 4.79 Å². The lowest BCUT2D eigenvalue weighted by Gasteiger charge is -2.31. The molecule has 0 bridgehead atoms. The van der Waals surface area contributed by atoms with Crippen molar-refractivity contribution in [3.05, 3.63) is 48.2 Å². The molecule has 0 saturated carbocycles. The average molecular weight is 366 g/mol. The molecule has 6 heteroatoms. The predicted molar refractivity (Wildman–Crippen MR) is 107 cm³/mol. The van der Waals surface area contributed by atoms with E-state index in [2.05, 4.69) is 39.2 Å². The largest absolute Gasteiger partial charge is 0.347 e. The van der Waals surface area contributed by atoms with Gasteiger partial charge in [-0.1, -0.05) is 30.4 Å². The molecule has 3 aromatic rings. The summed E-state index contributed by atoms with van der Waals surface area (Å²) in [6.45, 7) is 3.76. The van der Waals surface area contributed by atoms with Crippen molar-refractivity contribution in [2.24, 2.45) is 5.92 Å². The van der Waals surface area contributed by atoms with Crippen LogP contribution in [0.25, 0.3) is 10.3 Å². The first-order chi connectivity index (χ1) is 12.7. The van der Waals surface area contributed by atoms with Crippen LogP contribution in [0.15, 0.2) is 42.6 Å². The van der Waals surface area contributed by atoms with E-state index in [1.807, 2.05) is 24.3 Å². The number of nitrogens with one attached hydrogen (secondary N) is 1. The van der Waals surface area contributed by atoms with E-state index in [1.54, 1.807) is 17.5 Å². The van der Waals surface area contributed by atoms with E-state index < -0.39 is 0 Å². The summed E-state index contributed by atoms with van der Waals surface area (Å²) in [7, 11) is 0. The SMILES string of the molecule is CCc1cccc(NC(=O)[C@@H]2CCCN(c3nc4cccnc4s3)C2)c1. The Morgan fingerprint density at radius 3 is 3.12 bits per heavy atom. The number of carbonyl (C=O) groups excluding carboxylic acids is 1. The molecule has 1 saturated heterocycles. The minimum absolute atomic E-state index is 0.0194. The highest BCUT2D eigenvalue weighted by Crippen LogP contribution is 2.30. The van der Waals surface area contributed by atoms with Gasteiger partial charge in [-0.05, 0) is 49.1 Å². The molecule has 5 nitrogen and oxygen atoms in total. The molecular formula is C20H22N4OS. The van der Waals surface area contributed by atoms with Gasteiger partial charge in [0.2, 0.25) is 5.91 Å². The number of thiazole rings is 1. The van der Waals surface area contributed by atoms with Crippen LogP contribution in [-0.4, -0.2) is 29.0 Å². The Labute approximate surface area is 157 Å². The third kappa shape index (κ3) is 3.55. The van der Waals surface area contributed by atoms with E-state index in [-0.39, 0.29) is 11.8 Å². The number of amides is 1. The number of pyridine rings is 1.